The number of hydrogen-bond donors (Lipinski definition) is 2. The molecule has 0 radical (unpaired) electrons. The quantitative estimate of drug-likeness (QED) is 0.661. The molecule has 76 valence electrons. The van der Waals surface area contributed by atoms with Gasteiger partial charge in [-0.3, -0.25) is 4.79 Å². The third-order valence-electron chi connectivity index (χ3n) is 2.13. The van der Waals surface area contributed by atoms with E-state index in [4.69, 9.17) is 0 Å². The lowest BCUT2D eigenvalue weighted by atomic mass is 9.94. The van der Waals surface area contributed by atoms with E-state index in [1.54, 1.807) is 0 Å². The number of nitrogens with one attached hydrogen (secondary N) is 2. The molecule has 1 heterocycles. The molecule has 1 amide bonds. The molecule has 1 aliphatic rings. The van der Waals surface area contributed by atoms with Gasteiger partial charge in [-0.25, -0.2) is 4.39 Å². The Kier molecular flexibility index (Phi) is 2.61. The summed E-state index contributed by atoms with van der Waals surface area (Å²) in [5, 5.41) is 5.45. The van der Waals surface area contributed by atoms with Gasteiger partial charge in [-0.05, 0) is 0 Å². The van der Waals surface area contributed by atoms with Crippen molar-refractivity contribution in [3.05, 3.63) is 0 Å². The minimum Gasteiger partial charge on any atom is -0.352 e. The van der Waals surface area contributed by atoms with Crippen LogP contribution >= 0.6 is 0 Å². The van der Waals surface area contributed by atoms with Crippen LogP contribution in [-0.4, -0.2) is 31.2 Å². The predicted octanol–water partition coefficient (Wildman–Crippen LogP) is 0.460. The molecule has 0 bridgehead atoms. The summed E-state index contributed by atoms with van der Waals surface area (Å²) in [6, 6.07) is 0. The van der Waals surface area contributed by atoms with Gasteiger partial charge in [0.05, 0.1) is 6.54 Å². The highest BCUT2D eigenvalue weighted by Crippen LogP contribution is 2.17. The molecule has 1 aliphatic heterocycles. The van der Waals surface area contributed by atoms with E-state index in [0.717, 1.165) is 0 Å². The monoisotopic (exact) mass is 188 g/mol. The van der Waals surface area contributed by atoms with E-state index in [2.05, 4.69) is 10.6 Å². The van der Waals surface area contributed by atoms with Gasteiger partial charge in [-0.1, -0.05) is 20.8 Å². The van der Waals surface area contributed by atoms with Crippen LogP contribution in [0.5, 0.6) is 0 Å². The molecule has 1 saturated heterocycles. The van der Waals surface area contributed by atoms with E-state index in [1.807, 2.05) is 20.8 Å². The summed E-state index contributed by atoms with van der Waals surface area (Å²) in [5.74, 6) is -0.101. The smallest absolute Gasteiger partial charge is 0.225 e. The van der Waals surface area contributed by atoms with Gasteiger partial charge in [0, 0.05) is 18.5 Å². The highest BCUT2D eigenvalue weighted by Gasteiger charge is 2.37. The lowest BCUT2D eigenvalue weighted by Gasteiger charge is -2.35. The van der Waals surface area contributed by atoms with Crippen LogP contribution in [0.1, 0.15) is 20.8 Å². The standard InChI is InChI=1S/C9H17FN2O/c1-8(2,3)7(13)12-6-9(10)4-11-5-9/h11H,4-6H2,1-3H3,(H,12,13). The van der Waals surface area contributed by atoms with Crippen molar-refractivity contribution in [1.82, 2.24) is 10.6 Å². The maximum Gasteiger partial charge on any atom is 0.225 e. The summed E-state index contributed by atoms with van der Waals surface area (Å²) in [4.78, 5) is 11.4. The van der Waals surface area contributed by atoms with E-state index in [-0.39, 0.29) is 12.5 Å². The van der Waals surface area contributed by atoms with Crippen LogP contribution < -0.4 is 10.6 Å². The number of carbonyl (C=O) groups is 1. The summed E-state index contributed by atoms with van der Waals surface area (Å²) >= 11 is 0. The molecule has 0 saturated carbocycles. The molecular weight excluding hydrogens is 171 g/mol. The molecule has 0 spiro atoms. The largest absolute Gasteiger partial charge is 0.352 e. The summed E-state index contributed by atoms with van der Waals surface area (Å²) in [5.41, 5.74) is -1.66. The van der Waals surface area contributed by atoms with Crippen molar-refractivity contribution in [2.24, 2.45) is 5.41 Å². The van der Waals surface area contributed by atoms with Gasteiger partial charge in [0.1, 0.15) is 0 Å². The fourth-order valence-corrected chi connectivity index (χ4v) is 1.03. The second-order valence-electron chi connectivity index (χ2n) is 4.69. The molecule has 0 aliphatic carbocycles. The van der Waals surface area contributed by atoms with E-state index in [0.29, 0.717) is 13.1 Å². The first-order valence-corrected chi connectivity index (χ1v) is 4.51. The van der Waals surface area contributed by atoms with Crippen LogP contribution in [0.25, 0.3) is 0 Å². The third kappa shape index (κ3) is 2.66. The van der Waals surface area contributed by atoms with Crippen molar-refractivity contribution < 1.29 is 9.18 Å². The molecule has 4 heteroatoms. The lowest BCUT2D eigenvalue weighted by molar-refractivity contribution is -0.129. The fraction of sp³-hybridized carbons (Fsp3) is 0.889. The maximum atomic E-state index is 13.4. The summed E-state index contributed by atoms with van der Waals surface area (Å²) in [6.07, 6.45) is 0. The molecule has 0 atom stereocenters. The Morgan fingerprint density at radius 1 is 1.54 bits per heavy atom. The van der Waals surface area contributed by atoms with Crippen molar-refractivity contribution in [2.75, 3.05) is 19.6 Å². The number of hydrogen-bond acceptors (Lipinski definition) is 2. The first-order valence-electron chi connectivity index (χ1n) is 4.51. The number of halogens is 1. The zero-order chi connectivity index (χ0) is 10.1. The number of carbonyl (C=O) groups excluding carboxylic acids is 1. The number of amides is 1. The van der Waals surface area contributed by atoms with Crippen LogP contribution in [0.2, 0.25) is 0 Å². The molecule has 1 fully saturated rings. The third-order valence-corrected chi connectivity index (χ3v) is 2.13. The van der Waals surface area contributed by atoms with Crippen LogP contribution in [0.4, 0.5) is 4.39 Å². The number of rotatable bonds is 2. The van der Waals surface area contributed by atoms with Crippen molar-refractivity contribution in [2.45, 2.75) is 26.4 Å². The molecule has 3 nitrogen and oxygen atoms in total. The highest BCUT2D eigenvalue weighted by molar-refractivity contribution is 5.81. The minimum absolute atomic E-state index is 0.101. The first kappa shape index (κ1) is 10.4. The Hall–Kier alpha value is -0.640. The molecule has 0 unspecified atom stereocenters. The van der Waals surface area contributed by atoms with Gasteiger partial charge in [0.15, 0.2) is 5.67 Å². The van der Waals surface area contributed by atoms with Crippen LogP contribution in [0.3, 0.4) is 0 Å². The maximum absolute atomic E-state index is 13.4. The molecule has 13 heavy (non-hydrogen) atoms. The van der Waals surface area contributed by atoms with E-state index < -0.39 is 11.1 Å². The molecule has 1 rings (SSSR count). The van der Waals surface area contributed by atoms with Crippen molar-refractivity contribution in [1.29, 1.82) is 0 Å². The average Bonchev–Trinajstić information content (AvgIpc) is 1.94. The first-order chi connectivity index (χ1) is 5.83. The van der Waals surface area contributed by atoms with Gasteiger partial charge < -0.3 is 10.6 Å². The highest BCUT2D eigenvalue weighted by atomic mass is 19.1. The van der Waals surface area contributed by atoms with E-state index >= 15 is 0 Å². The van der Waals surface area contributed by atoms with Gasteiger partial charge in [-0.15, -0.1) is 0 Å². The fourth-order valence-electron chi connectivity index (χ4n) is 1.03. The normalized spacial score (nSPS) is 20.6. The van der Waals surface area contributed by atoms with Gasteiger partial charge >= 0.3 is 0 Å². The Morgan fingerprint density at radius 2 is 2.08 bits per heavy atom. The van der Waals surface area contributed by atoms with Crippen LogP contribution in [-0.2, 0) is 4.79 Å². The molecule has 0 aromatic rings. The van der Waals surface area contributed by atoms with Gasteiger partial charge in [0.25, 0.3) is 0 Å². The average molecular weight is 188 g/mol. The van der Waals surface area contributed by atoms with Crippen molar-refractivity contribution in [3.8, 4) is 0 Å². The van der Waals surface area contributed by atoms with Crippen LogP contribution in [0, 0.1) is 5.41 Å². The second-order valence-corrected chi connectivity index (χ2v) is 4.69. The zero-order valence-corrected chi connectivity index (χ0v) is 8.41. The lowest BCUT2D eigenvalue weighted by Crippen LogP contribution is -2.62. The van der Waals surface area contributed by atoms with Gasteiger partial charge in [0.2, 0.25) is 5.91 Å². The zero-order valence-electron chi connectivity index (χ0n) is 8.41. The SMILES string of the molecule is CC(C)(C)C(=O)NCC1(F)CNC1. The molecule has 0 aromatic heterocycles. The summed E-state index contributed by atoms with van der Waals surface area (Å²) in [7, 11) is 0. The van der Waals surface area contributed by atoms with Crippen LogP contribution in [0.15, 0.2) is 0 Å². The Morgan fingerprint density at radius 3 is 2.38 bits per heavy atom. The second kappa shape index (κ2) is 3.25. The summed E-state index contributed by atoms with van der Waals surface area (Å²) < 4.78 is 13.4. The van der Waals surface area contributed by atoms with Gasteiger partial charge in [-0.2, -0.15) is 0 Å². The molecule has 0 aromatic carbocycles. The minimum atomic E-state index is -1.22. The summed E-state index contributed by atoms with van der Waals surface area (Å²) in [6.45, 7) is 6.25. The van der Waals surface area contributed by atoms with E-state index in [9.17, 15) is 9.18 Å². The Balaban J connectivity index is 2.30. The van der Waals surface area contributed by atoms with Crippen molar-refractivity contribution in [3.63, 3.8) is 0 Å². The Bertz CT molecular complexity index is 206. The predicted molar refractivity (Wildman–Crippen MR) is 49.2 cm³/mol. The molecular formula is C9H17FN2O. The Labute approximate surface area is 78.1 Å². The van der Waals surface area contributed by atoms with Crippen molar-refractivity contribution >= 4 is 5.91 Å². The topological polar surface area (TPSA) is 41.1 Å². The number of alkyl halides is 1. The molecule has 2 N–H and O–H groups in total. The van der Waals surface area contributed by atoms with E-state index in [1.165, 1.54) is 0 Å².